The van der Waals surface area contributed by atoms with E-state index in [9.17, 15) is 9.18 Å². The number of rotatable bonds is 3. The molecule has 4 nitrogen and oxygen atoms in total. The molecule has 0 spiro atoms. The van der Waals surface area contributed by atoms with Crippen LogP contribution in [0.15, 0.2) is 12.1 Å². The smallest absolute Gasteiger partial charge is 0.253 e. The number of ether oxygens (including phenoxy) is 1. The Labute approximate surface area is 120 Å². The summed E-state index contributed by atoms with van der Waals surface area (Å²) >= 11 is 11.7. The monoisotopic (exact) mass is 306 g/mol. The molecule has 1 aliphatic rings. The molecule has 1 aromatic rings. The zero-order chi connectivity index (χ0) is 14.0. The number of carbonyl (C=O) groups excluding carboxylic acids is 1. The highest BCUT2D eigenvalue weighted by atomic mass is 35.5. The van der Waals surface area contributed by atoms with Gasteiger partial charge in [-0.3, -0.25) is 4.79 Å². The second kappa shape index (κ2) is 6.05. The summed E-state index contributed by atoms with van der Waals surface area (Å²) in [5, 5.41) is 2.65. The van der Waals surface area contributed by atoms with Gasteiger partial charge in [0, 0.05) is 6.54 Å². The average Bonchev–Trinajstić information content (AvgIpc) is 2.82. The molecular formula is C12H13Cl2FN2O2. The van der Waals surface area contributed by atoms with Gasteiger partial charge in [0.2, 0.25) is 0 Å². The largest absolute Gasteiger partial charge is 0.364 e. The van der Waals surface area contributed by atoms with Gasteiger partial charge in [0.1, 0.15) is 11.9 Å². The lowest BCUT2D eigenvalue weighted by molar-refractivity contribution is -0.126. The van der Waals surface area contributed by atoms with Gasteiger partial charge in [-0.15, -0.1) is 0 Å². The Hall–Kier alpha value is -0.880. The summed E-state index contributed by atoms with van der Waals surface area (Å²) in [5.41, 5.74) is 5.66. The Kier molecular flexibility index (Phi) is 4.62. The molecule has 0 bridgehead atoms. The van der Waals surface area contributed by atoms with Crippen LogP contribution < -0.4 is 11.1 Å². The minimum atomic E-state index is -0.578. The third kappa shape index (κ3) is 3.36. The first kappa shape index (κ1) is 14.5. The number of carbonyl (C=O) groups is 1. The van der Waals surface area contributed by atoms with E-state index in [2.05, 4.69) is 5.32 Å². The van der Waals surface area contributed by atoms with Crippen LogP contribution in [0.2, 0.25) is 10.0 Å². The molecule has 2 rings (SSSR count). The van der Waals surface area contributed by atoms with E-state index in [1.165, 1.54) is 0 Å². The standard InChI is InChI=1S/C12H13Cl2FN2O2/c13-8-3-6(15)4-9(14)11(8)17-12(18)10-2-1-7(5-16)19-10/h3-4,7,10H,1-2,5,16H2,(H,17,18). The van der Waals surface area contributed by atoms with E-state index in [0.717, 1.165) is 18.6 Å². The molecule has 2 unspecified atom stereocenters. The van der Waals surface area contributed by atoms with Gasteiger partial charge in [0.05, 0.1) is 21.8 Å². The van der Waals surface area contributed by atoms with Crippen LogP contribution in [0.5, 0.6) is 0 Å². The number of nitrogens with two attached hydrogens (primary N) is 1. The van der Waals surface area contributed by atoms with E-state index < -0.39 is 11.9 Å². The van der Waals surface area contributed by atoms with Crippen molar-refractivity contribution < 1.29 is 13.9 Å². The molecule has 19 heavy (non-hydrogen) atoms. The minimum Gasteiger partial charge on any atom is -0.364 e. The zero-order valence-electron chi connectivity index (χ0n) is 9.96. The molecule has 0 aromatic heterocycles. The van der Waals surface area contributed by atoms with Crippen molar-refractivity contribution in [3.8, 4) is 0 Å². The molecule has 1 heterocycles. The molecule has 0 aliphatic carbocycles. The van der Waals surface area contributed by atoms with Crippen LogP contribution in [0, 0.1) is 5.82 Å². The lowest BCUT2D eigenvalue weighted by atomic mass is 10.2. The van der Waals surface area contributed by atoms with Crippen molar-refractivity contribution in [1.82, 2.24) is 0 Å². The lowest BCUT2D eigenvalue weighted by Crippen LogP contribution is -2.30. The average molecular weight is 307 g/mol. The summed E-state index contributed by atoms with van der Waals surface area (Å²) in [6.45, 7) is 0.377. The fourth-order valence-corrected chi connectivity index (χ4v) is 2.49. The predicted molar refractivity (Wildman–Crippen MR) is 72.0 cm³/mol. The Morgan fingerprint density at radius 3 is 2.58 bits per heavy atom. The van der Waals surface area contributed by atoms with Crippen LogP contribution in [0.1, 0.15) is 12.8 Å². The Morgan fingerprint density at radius 2 is 2.05 bits per heavy atom. The molecule has 7 heteroatoms. The molecule has 1 amide bonds. The van der Waals surface area contributed by atoms with E-state index in [1.54, 1.807) is 0 Å². The highest BCUT2D eigenvalue weighted by Gasteiger charge is 2.30. The van der Waals surface area contributed by atoms with Gasteiger partial charge in [-0.25, -0.2) is 4.39 Å². The third-order valence-corrected chi connectivity index (χ3v) is 3.51. The van der Waals surface area contributed by atoms with Crippen LogP contribution in [0.3, 0.4) is 0 Å². The summed E-state index contributed by atoms with van der Waals surface area (Å²) in [6, 6.07) is 2.17. The molecule has 1 aliphatic heterocycles. The van der Waals surface area contributed by atoms with Crippen molar-refractivity contribution in [2.24, 2.45) is 5.73 Å². The summed E-state index contributed by atoms with van der Waals surface area (Å²) in [4.78, 5) is 12.0. The number of halogens is 3. The topological polar surface area (TPSA) is 64.4 Å². The molecule has 0 saturated carbocycles. The highest BCUT2D eigenvalue weighted by Crippen LogP contribution is 2.32. The van der Waals surface area contributed by atoms with Crippen molar-refractivity contribution in [2.45, 2.75) is 25.0 Å². The number of benzene rings is 1. The molecule has 1 saturated heterocycles. The quantitative estimate of drug-likeness (QED) is 0.902. The second-order valence-corrected chi connectivity index (χ2v) is 5.11. The van der Waals surface area contributed by atoms with Gasteiger partial charge in [0.25, 0.3) is 5.91 Å². The minimum absolute atomic E-state index is 0.0479. The van der Waals surface area contributed by atoms with Gasteiger partial charge >= 0.3 is 0 Å². The van der Waals surface area contributed by atoms with Crippen molar-refractivity contribution in [1.29, 1.82) is 0 Å². The van der Waals surface area contributed by atoms with Crippen LogP contribution in [-0.4, -0.2) is 24.7 Å². The van der Waals surface area contributed by atoms with E-state index in [0.29, 0.717) is 13.0 Å². The predicted octanol–water partition coefficient (Wildman–Crippen LogP) is 2.58. The summed E-state index contributed by atoms with van der Waals surface area (Å²) in [5.74, 6) is -0.917. The van der Waals surface area contributed by atoms with Gasteiger partial charge < -0.3 is 15.8 Å². The summed E-state index contributed by atoms with van der Waals surface area (Å²) < 4.78 is 18.5. The maximum Gasteiger partial charge on any atom is 0.253 e. The zero-order valence-corrected chi connectivity index (χ0v) is 11.5. The maximum absolute atomic E-state index is 13.0. The molecule has 1 aromatic carbocycles. The number of amides is 1. The molecular weight excluding hydrogens is 294 g/mol. The Bertz CT molecular complexity index is 476. The normalized spacial score (nSPS) is 22.5. The third-order valence-electron chi connectivity index (χ3n) is 2.92. The fourth-order valence-electron chi connectivity index (χ4n) is 1.94. The SMILES string of the molecule is NCC1CCC(C(=O)Nc2c(Cl)cc(F)cc2Cl)O1. The van der Waals surface area contributed by atoms with Crippen LogP contribution in [0.4, 0.5) is 10.1 Å². The molecule has 3 N–H and O–H groups in total. The molecule has 0 radical (unpaired) electrons. The fraction of sp³-hybridized carbons (Fsp3) is 0.417. The summed E-state index contributed by atoms with van der Waals surface area (Å²) in [6.07, 6.45) is 0.643. The second-order valence-electron chi connectivity index (χ2n) is 4.29. The molecule has 1 fully saturated rings. The highest BCUT2D eigenvalue weighted by molar-refractivity contribution is 6.39. The maximum atomic E-state index is 13.0. The van der Waals surface area contributed by atoms with Gasteiger partial charge in [-0.05, 0) is 25.0 Å². The summed E-state index contributed by atoms with van der Waals surface area (Å²) in [7, 11) is 0. The number of hydrogen-bond acceptors (Lipinski definition) is 3. The van der Waals surface area contributed by atoms with Crippen molar-refractivity contribution in [2.75, 3.05) is 11.9 Å². The van der Waals surface area contributed by atoms with Crippen molar-refractivity contribution in [3.63, 3.8) is 0 Å². The van der Waals surface area contributed by atoms with E-state index in [4.69, 9.17) is 33.7 Å². The van der Waals surface area contributed by atoms with Crippen LogP contribution in [-0.2, 0) is 9.53 Å². The molecule has 2 atom stereocenters. The first-order valence-electron chi connectivity index (χ1n) is 5.82. The lowest BCUT2D eigenvalue weighted by Gasteiger charge is -2.14. The van der Waals surface area contributed by atoms with Gasteiger partial charge in [-0.1, -0.05) is 23.2 Å². The van der Waals surface area contributed by atoms with Crippen LogP contribution in [0.25, 0.3) is 0 Å². The van der Waals surface area contributed by atoms with Crippen LogP contribution >= 0.6 is 23.2 Å². The van der Waals surface area contributed by atoms with E-state index in [-0.39, 0.29) is 27.7 Å². The number of anilines is 1. The van der Waals surface area contributed by atoms with Gasteiger partial charge in [-0.2, -0.15) is 0 Å². The van der Waals surface area contributed by atoms with E-state index in [1.807, 2.05) is 0 Å². The molecule has 104 valence electrons. The van der Waals surface area contributed by atoms with Crippen molar-refractivity contribution in [3.05, 3.63) is 28.0 Å². The first-order chi connectivity index (χ1) is 9.01. The van der Waals surface area contributed by atoms with E-state index >= 15 is 0 Å². The first-order valence-corrected chi connectivity index (χ1v) is 6.57. The van der Waals surface area contributed by atoms with Gasteiger partial charge in [0.15, 0.2) is 0 Å². The Morgan fingerprint density at radius 1 is 1.42 bits per heavy atom. The Balaban J connectivity index is 2.08. The number of nitrogens with one attached hydrogen (secondary N) is 1. The van der Waals surface area contributed by atoms with Crippen molar-refractivity contribution >= 4 is 34.8 Å². The number of hydrogen-bond donors (Lipinski definition) is 2.